The molecule has 0 radical (unpaired) electrons. The van der Waals surface area contributed by atoms with Gasteiger partial charge in [-0.05, 0) is 74.0 Å². The van der Waals surface area contributed by atoms with Crippen LogP contribution in [-0.4, -0.2) is 33.0 Å². The van der Waals surface area contributed by atoms with Crippen molar-refractivity contribution in [2.24, 2.45) is 0 Å². The second-order valence-corrected chi connectivity index (χ2v) is 10.0. The first-order chi connectivity index (χ1) is 19.6. The van der Waals surface area contributed by atoms with Crippen LogP contribution in [0.25, 0.3) is 17.1 Å². The minimum Gasteiger partial charge on any atom is -0.494 e. The van der Waals surface area contributed by atoms with Crippen molar-refractivity contribution in [1.29, 1.82) is 0 Å². The summed E-state index contributed by atoms with van der Waals surface area (Å²) in [7, 11) is 0. The Morgan fingerprint density at radius 2 is 1.57 bits per heavy atom. The predicted molar refractivity (Wildman–Crippen MR) is 159 cm³/mol. The van der Waals surface area contributed by atoms with Crippen LogP contribution in [0.15, 0.2) is 108 Å². The molecule has 0 atom stereocenters. The normalized spacial score (nSPS) is 10.8. The highest BCUT2D eigenvalue weighted by Gasteiger charge is 2.18. The van der Waals surface area contributed by atoms with Gasteiger partial charge in [-0.2, -0.15) is 0 Å². The lowest BCUT2D eigenvalue weighted by atomic mass is 10.1. The number of amides is 1. The number of rotatable bonds is 11. The highest BCUT2D eigenvalue weighted by Crippen LogP contribution is 2.29. The number of hydrogen-bond donors (Lipinski definition) is 1. The lowest BCUT2D eigenvalue weighted by Crippen LogP contribution is -2.14. The average Bonchev–Trinajstić information content (AvgIpc) is 3.41. The van der Waals surface area contributed by atoms with Crippen LogP contribution in [0.4, 0.5) is 5.69 Å². The smallest absolute Gasteiger partial charge is 0.234 e. The van der Waals surface area contributed by atoms with Gasteiger partial charge in [-0.1, -0.05) is 65.9 Å². The number of hydrogen-bond acceptors (Lipinski definition) is 6. The molecule has 0 unspecified atom stereocenters. The number of carbonyl (C=O) groups excluding carboxylic acids is 1. The first-order valence-corrected chi connectivity index (χ1v) is 14.0. The molecule has 0 aliphatic carbocycles. The van der Waals surface area contributed by atoms with Crippen molar-refractivity contribution in [3.05, 3.63) is 114 Å². The minimum atomic E-state index is -0.138. The van der Waals surface area contributed by atoms with E-state index >= 15 is 0 Å². The first-order valence-electron chi connectivity index (χ1n) is 13.0. The highest BCUT2D eigenvalue weighted by atomic mass is 32.2. The van der Waals surface area contributed by atoms with Gasteiger partial charge in [0.15, 0.2) is 11.0 Å². The van der Waals surface area contributed by atoms with Crippen molar-refractivity contribution in [2.75, 3.05) is 17.7 Å². The molecule has 5 rings (SSSR count). The molecular weight excluding hydrogens is 520 g/mol. The summed E-state index contributed by atoms with van der Waals surface area (Å²) in [5.74, 6) is 2.28. The van der Waals surface area contributed by atoms with E-state index in [1.165, 1.54) is 11.8 Å². The molecule has 0 bridgehead atoms. The Balaban J connectivity index is 1.26. The van der Waals surface area contributed by atoms with E-state index in [4.69, 9.17) is 9.47 Å². The third-order valence-electron chi connectivity index (χ3n) is 6.03. The molecule has 40 heavy (non-hydrogen) atoms. The summed E-state index contributed by atoms with van der Waals surface area (Å²) in [6.07, 6.45) is 0. The minimum absolute atomic E-state index is 0.138. The Kier molecular flexibility index (Phi) is 8.78. The molecule has 0 spiro atoms. The number of nitrogens with zero attached hydrogens (tertiary/aromatic N) is 3. The Labute approximate surface area is 238 Å². The number of thioether (sulfide) groups is 1. The van der Waals surface area contributed by atoms with Gasteiger partial charge in [0.1, 0.15) is 18.1 Å². The standard InChI is InChI=1S/C32H30N4O3S/c1-3-38-28-18-14-27(15-19-28)36-31(25-11-7-8-23(2)20-25)34-35-32(36)40-22-30(37)33-26-12-16-29(17-13-26)39-21-24-9-5-4-6-10-24/h4-20H,3,21-22H2,1-2H3,(H,33,37). The van der Waals surface area contributed by atoms with E-state index in [1.54, 1.807) is 0 Å². The SMILES string of the molecule is CCOc1ccc(-n2c(SCC(=O)Nc3ccc(OCc4ccccc4)cc3)nnc2-c2cccc(C)c2)cc1. The fourth-order valence-electron chi connectivity index (χ4n) is 4.13. The number of benzene rings is 4. The summed E-state index contributed by atoms with van der Waals surface area (Å²) in [5, 5.41) is 12.5. The third kappa shape index (κ3) is 6.90. The van der Waals surface area contributed by atoms with E-state index in [9.17, 15) is 4.79 Å². The van der Waals surface area contributed by atoms with Gasteiger partial charge < -0.3 is 14.8 Å². The Hall–Kier alpha value is -4.56. The zero-order valence-corrected chi connectivity index (χ0v) is 23.2. The number of aromatic nitrogens is 3. The summed E-state index contributed by atoms with van der Waals surface area (Å²) in [6, 6.07) is 33.3. The Morgan fingerprint density at radius 1 is 0.850 bits per heavy atom. The van der Waals surface area contributed by atoms with Gasteiger partial charge in [0.2, 0.25) is 5.91 Å². The molecule has 4 aromatic carbocycles. The number of anilines is 1. The quantitative estimate of drug-likeness (QED) is 0.179. The Bertz CT molecular complexity index is 1550. The van der Waals surface area contributed by atoms with Crippen LogP contribution in [0.2, 0.25) is 0 Å². The number of aryl methyl sites for hydroxylation is 1. The summed E-state index contributed by atoms with van der Waals surface area (Å²) >= 11 is 1.33. The van der Waals surface area contributed by atoms with E-state index < -0.39 is 0 Å². The molecule has 0 fully saturated rings. The molecule has 1 aromatic heterocycles. The molecule has 1 amide bonds. The molecule has 0 saturated carbocycles. The lowest BCUT2D eigenvalue weighted by molar-refractivity contribution is -0.113. The maximum absolute atomic E-state index is 12.8. The third-order valence-corrected chi connectivity index (χ3v) is 6.96. The maximum atomic E-state index is 12.8. The van der Waals surface area contributed by atoms with Crippen molar-refractivity contribution in [1.82, 2.24) is 14.8 Å². The van der Waals surface area contributed by atoms with E-state index in [2.05, 4.69) is 21.6 Å². The monoisotopic (exact) mass is 550 g/mol. The van der Waals surface area contributed by atoms with Crippen molar-refractivity contribution in [3.8, 4) is 28.6 Å². The molecule has 7 nitrogen and oxygen atoms in total. The Morgan fingerprint density at radius 3 is 2.30 bits per heavy atom. The topological polar surface area (TPSA) is 78.3 Å². The van der Waals surface area contributed by atoms with Gasteiger partial charge in [0.05, 0.1) is 12.4 Å². The number of carbonyl (C=O) groups is 1. The predicted octanol–water partition coefficient (Wildman–Crippen LogP) is 6.95. The van der Waals surface area contributed by atoms with Crippen LogP contribution >= 0.6 is 11.8 Å². The van der Waals surface area contributed by atoms with Crippen LogP contribution in [0, 0.1) is 6.92 Å². The number of nitrogens with one attached hydrogen (secondary N) is 1. The van der Waals surface area contributed by atoms with Gasteiger partial charge in [0.25, 0.3) is 0 Å². The lowest BCUT2D eigenvalue weighted by Gasteiger charge is -2.12. The van der Waals surface area contributed by atoms with E-state index in [1.807, 2.05) is 115 Å². The van der Waals surface area contributed by atoms with Crippen LogP contribution < -0.4 is 14.8 Å². The summed E-state index contributed by atoms with van der Waals surface area (Å²) in [4.78, 5) is 12.8. The van der Waals surface area contributed by atoms with Gasteiger partial charge in [-0.25, -0.2) is 0 Å². The molecule has 202 valence electrons. The van der Waals surface area contributed by atoms with Crippen molar-refractivity contribution < 1.29 is 14.3 Å². The molecule has 8 heteroatoms. The number of ether oxygens (including phenoxy) is 2. The van der Waals surface area contributed by atoms with Crippen molar-refractivity contribution >= 4 is 23.4 Å². The molecule has 5 aromatic rings. The van der Waals surface area contributed by atoms with Crippen molar-refractivity contribution in [3.63, 3.8) is 0 Å². The van der Waals surface area contributed by atoms with Crippen LogP contribution in [-0.2, 0) is 11.4 Å². The molecule has 0 saturated heterocycles. The summed E-state index contributed by atoms with van der Waals surface area (Å²) in [6.45, 7) is 5.09. The zero-order chi connectivity index (χ0) is 27.7. The first kappa shape index (κ1) is 27.0. The fraction of sp³-hybridized carbons (Fsp3) is 0.156. The van der Waals surface area contributed by atoms with Gasteiger partial charge >= 0.3 is 0 Å². The largest absolute Gasteiger partial charge is 0.494 e. The summed E-state index contributed by atoms with van der Waals surface area (Å²) < 4.78 is 13.4. The molecule has 1 N–H and O–H groups in total. The van der Waals surface area contributed by atoms with Crippen molar-refractivity contribution in [2.45, 2.75) is 25.6 Å². The van der Waals surface area contributed by atoms with Crippen LogP contribution in [0.5, 0.6) is 11.5 Å². The second kappa shape index (κ2) is 13.0. The summed E-state index contributed by atoms with van der Waals surface area (Å²) in [5.41, 5.74) is 4.77. The van der Waals surface area contributed by atoms with Gasteiger partial charge in [-0.3, -0.25) is 9.36 Å². The van der Waals surface area contributed by atoms with Gasteiger partial charge in [-0.15, -0.1) is 10.2 Å². The van der Waals surface area contributed by atoms with E-state index in [0.29, 0.717) is 29.9 Å². The fourth-order valence-corrected chi connectivity index (χ4v) is 4.88. The second-order valence-electron chi connectivity index (χ2n) is 9.07. The molecule has 0 aliphatic rings. The van der Waals surface area contributed by atoms with E-state index in [0.717, 1.165) is 33.9 Å². The van der Waals surface area contributed by atoms with Crippen LogP contribution in [0.3, 0.4) is 0 Å². The maximum Gasteiger partial charge on any atom is 0.234 e. The molecular formula is C32H30N4O3S. The zero-order valence-electron chi connectivity index (χ0n) is 22.4. The average molecular weight is 551 g/mol. The van der Waals surface area contributed by atoms with E-state index in [-0.39, 0.29) is 11.7 Å². The highest BCUT2D eigenvalue weighted by molar-refractivity contribution is 7.99. The van der Waals surface area contributed by atoms with Gasteiger partial charge in [0, 0.05) is 16.9 Å². The molecule has 1 heterocycles. The molecule has 0 aliphatic heterocycles. The van der Waals surface area contributed by atoms with Crippen LogP contribution in [0.1, 0.15) is 18.1 Å².